The molecule has 2 amide bonds. The second-order valence-corrected chi connectivity index (χ2v) is 9.66. The van der Waals surface area contributed by atoms with Gasteiger partial charge < -0.3 is 10.2 Å². The molecule has 0 aliphatic rings. The van der Waals surface area contributed by atoms with Crippen LogP contribution in [-0.4, -0.2) is 34.6 Å². The lowest BCUT2D eigenvalue weighted by Gasteiger charge is -2.30. The molecule has 0 radical (unpaired) electrons. The van der Waals surface area contributed by atoms with E-state index in [2.05, 4.69) is 29.6 Å². The summed E-state index contributed by atoms with van der Waals surface area (Å²) < 4.78 is 0. The third kappa shape index (κ3) is 8.06. The highest BCUT2D eigenvalue weighted by molar-refractivity contribution is 7.99. The lowest BCUT2D eigenvalue weighted by molar-refractivity contribution is -0.140. The van der Waals surface area contributed by atoms with E-state index in [4.69, 9.17) is 23.2 Å². The highest BCUT2D eigenvalue weighted by atomic mass is 35.5. The van der Waals surface area contributed by atoms with Crippen LogP contribution in [0, 0.1) is 6.92 Å². The van der Waals surface area contributed by atoms with Gasteiger partial charge in [0, 0.05) is 29.7 Å². The molecule has 0 saturated heterocycles. The second-order valence-electron chi connectivity index (χ2n) is 7.68. The van der Waals surface area contributed by atoms with Gasteiger partial charge in [0.15, 0.2) is 0 Å². The van der Waals surface area contributed by atoms with Crippen LogP contribution in [0.25, 0.3) is 0 Å². The molecule has 0 aliphatic heterocycles. The van der Waals surface area contributed by atoms with Crippen molar-refractivity contribution in [2.75, 3.05) is 5.75 Å². The lowest BCUT2D eigenvalue weighted by Crippen LogP contribution is -2.49. The summed E-state index contributed by atoms with van der Waals surface area (Å²) in [7, 11) is 0. The van der Waals surface area contributed by atoms with E-state index in [0.717, 1.165) is 16.9 Å². The zero-order valence-corrected chi connectivity index (χ0v) is 20.8. The number of rotatable bonds is 10. The van der Waals surface area contributed by atoms with E-state index in [1.807, 2.05) is 26.8 Å². The molecule has 1 N–H and O–H groups in total. The Morgan fingerprint density at radius 3 is 2.35 bits per heavy atom. The quantitative estimate of drug-likeness (QED) is 0.416. The fourth-order valence-electron chi connectivity index (χ4n) is 2.92. The Morgan fingerprint density at radius 1 is 1.06 bits per heavy atom. The van der Waals surface area contributed by atoms with E-state index in [9.17, 15) is 9.59 Å². The van der Waals surface area contributed by atoms with Crippen molar-refractivity contribution in [1.82, 2.24) is 10.2 Å². The van der Waals surface area contributed by atoms with Crippen molar-refractivity contribution in [3.05, 3.63) is 63.6 Å². The van der Waals surface area contributed by atoms with Crippen molar-refractivity contribution in [2.24, 2.45) is 0 Å². The van der Waals surface area contributed by atoms with Gasteiger partial charge in [-0.1, -0.05) is 53.9 Å². The summed E-state index contributed by atoms with van der Waals surface area (Å²) in [6.45, 7) is 8.06. The molecule has 2 aromatic carbocycles. The van der Waals surface area contributed by atoms with E-state index >= 15 is 0 Å². The van der Waals surface area contributed by atoms with E-state index in [0.29, 0.717) is 28.8 Å². The first kappa shape index (κ1) is 25.6. The molecule has 7 heteroatoms. The van der Waals surface area contributed by atoms with Crippen LogP contribution in [0.1, 0.15) is 44.7 Å². The molecule has 0 saturated carbocycles. The molecule has 168 valence electrons. The standard InChI is InChI=1S/C24H30Cl2N2O2S/c1-5-17(3)27-24(30)18(4)28(15-19-8-11-21(25)22(26)14-19)23(29)12-13-31-20-9-6-16(2)7-10-20/h6-11,14,17-18H,5,12-13,15H2,1-4H3,(H,27,30)/t17-,18+/m0/s1. The highest BCUT2D eigenvalue weighted by Gasteiger charge is 2.26. The summed E-state index contributed by atoms with van der Waals surface area (Å²) >= 11 is 13.8. The highest BCUT2D eigenvalue weighted by Crippen LogP contribution is 2.24. The number of nitrogens with one attached hydrogen (secondary N) is 1. The third-order valence-corrected chi connectivity index (χ3v) is 6.86. The zero-order chi connectivity index (χ0) is 23.0. The summed E-state index contributed by atoms with van der Waals surface area (Å²) in [6, 6.07) is 13.0. The van der Waals surface area contributed by atoms with Crippen molar-refractivity contribution >= 4 is 46.8 Å². The number of halogens is 2. The summed E-state index contributed by atoms with van der Waals surface area (Å²) in [6.07, 6.45) is 1.16. The molecular weight excluding hydrogens is 451 g/mol. The maximum absolute atomic E-state index is 13.1. The molecule has 0 unspecified atom stereocenters. The van der Waals surface area contributed by atoms with E-state index < -0.39 is 6.04 Å². The summed E-state index contributed by atoms with van der Waals surface area (Å²) in [4.78, 5) is 28.6. The first-order chi connectivity index (χ1) is 14.7. The number of carbonyl (C=O) groups is 2. The van der Waals surface area contributed by atoms with Crippen molar-refractivity contribution in [1.29, 1.82) is 0 Å². The molecule has 0 heterocycles. The number of carbonyl (C=O) groups excluding carboxylic acids is 2. The van der Waals surface area contributed by atoms with Gasteiger partial charge in [-0.3, -0.25) is 9.59 Å². The molecule has 2 atom stereocenters. The summed E-state index contributed by atoms with van der Waals surface area (Å²) in [5.74, 6) is 0.408. The predicted octanol–water partition coefficient (Wildman–Crippen LogP) is 6.12. The van der Waals surface area contributed by atoms with Crippen LogP contribution in [-0.2, 0) is 16.1 Å². The van der Waals surface area contributed by atoms with Gasteiger partial charge in [0.05, 0.1) is 10.0 Å². The van der Waals surface area contributed by atoms with Crippen LogP contribution >= 0.6 is 35.0 Å². The first-order valence-corrected chi connectivity index (χ1v) is 12.2. The van der Waals surface area contributed by atoms with Crippen LogP contribution in [0.2, 0.25) is 10.0 Å². The smallest absolute Gasteiger partial charge is 0.242 e. The van der Waals surface area contributed by atoms with Gasteiger partial charge in [-0.15, -0.1) is 11.8 Å². The number of aryl methyl sites for hydroxylation is 1. The molecule has 4 nitrogen and oxygen atoms in total. The zero-order valence-electron chi connectivity index (χ0n) is 18.5. The Labute approximate surface area is 199 Å². The molecule has 0 aliphatic carbocycles. The Kier molecular flexibility index (Phi) is 10.2. The van der Waals surface area contributed by atoms with Crippen LogP contribution in [0.5, 0.6) is 0 Å². The Morgan fingerprint density at radius 2 is 1.74 bits per heavy atom. The normalized spacial score (nSPS) is 12.8. The molecule has 2 aromatic rings. The Balaban J connectivity index is 2.10. The molecular formula is C24H30Cl2N2O2S. The van der Waals surface area contributed by atoms with Gasteiger partial charge in [-0.25, -0.2) is 0 Å². The Bertz CT molecular complexity index is 890. The lowest BCUT2D eigenvalue weighted by atomic mass is 10.1. The SMILES string of the molecule is CC[C@H](C)NC(=O)[C@@H](C)N(Cc1ccc(Cl)c(Cl)c1)C(=O)CCSc1ccc(C)cc1. The molecule has 31 heavy (non-hydrogen) atoms. The molecule has 0 bridgehead atoms. The van der Waals surface area contributed by atoms with Gasteiger partial charge in [-0.2, -0.15) is 0 Å². The minimum atomic E-state index is -0.597. The van der Waals surface area contributed by atoms with Gasteiger partial charge >= 0.3 is 0 Å². The van der Waals surface area contributed by atoms with Gasteiger partial charge in [-0.05, 0) is 57.0 Å². The number of hydrogen-bond donors (Lipinski definition) is 1. The first-order valence-electron chi connectivity index (χ1n) is 10.4. The fourth-order valence-corrected chi connectivity index (χ4v) is 4.08. The van der Waals surface area contributed by atoms with Crippen molar-refractivity contribution in [3.8, 4) is 0 Å². The monoisotopic (exact) mass is 480 g/mol. The number of nitrogens with zero attached hydrogens (tertiary/aromatic N) is 1. The fraction of sp³-hybridized carbons (Fsp3) is 0.417. The number of hydrogen-bond acceptors (Lipinski definition) is 3. The van der Waals surface area contributed by atoms with Crippen LogP contribution < -0.4 is 5.32 Å². The topological polar surface area (TPSA) is 49.4 Å². The van der Waals surface area contributed by atoms with Crippen LogP contribution in [0.3, 0.4) is 0 Å². The van der Waals surface area contributed by atoms with E-state index in [-0.39, 0.29) is 17.9 Å². The van der Waals surface area contributed by atoms with E-state index in [1.165, 1.54) is 5.56 Å². The molecule has 0 fully saturated rings. The van der Waals surface area contributed by atoms with Crippen LogP contribution in [0.4, 0.5) is 0 Å². The summed E-state index contributed by atoms with van der Waals surface area (Å²) in [5, 5.41) is 3.86. The predicted molar refractivity (Wildman–Crippen MR) is 131 cm³/mol. The van der Waals surface area contributed by atoms with Crippen molar-refractivity contribution < 1.29 is 9.59 Å². The average Bonchev–Trinajstić information content (AvgIpc) is 2.75. The van der Waals surface area contributed by atoms with Gasteiger partial charge in [0.2, 0.25) is 11.8 Å². The average molecular weight is 481 g/mol. The Hall–Kier alpha value is -1.69. The maximum Gasteiger partial charge on any atom is 0.242 e. The van der Waals surface area contributed by atoms with Crippen LogP contribution in [0.15, 0.2) is 47.4 Å². The molecule has 0 spiro atoms. The molecule has 0 aromatic heterocycles. The number of amides is 2. The van der Waals surface area contributed by atoms with Gasteiger partial charge in [0.25, 0.3) is 0 Å². The second kappa shape index (κ2) is 12.4. The minimum absolute atomic E-state index is 0.0500. The number of benzene rings is 2. The molecule has 2 rings (SSSR count). The minimum Gasteiger partial charge on any atom is -0.352 e. The maximum atomic E-state index is 13.1. The third-order valence-electron chi connectivity index (χ3n) is 5.11. The number of thioether (sulfide) groups is 1. The van der Waals surface area contributed by atoms with E-state index in [1.54, 1.807) is 35.7 Å². The summed E-state index contributed by atoms with van der Waals surface area (Å²) in [5.41, 5.74) is 2.03. The largest absolute Gasteiger partial charge is 0.352 e. The van der Waals surface area contributed by atoms with Crippen molar-refractivity contribution in [2.45, 2.75) is 64.1 Å². The van der Waals surface area contributed by atoms with Gasteiger partial charge in [0.1, 0.15) is 6.04 Å². The van der Waals surface area contributed by atoms with Crippen molar-refractivity contribution in [3.63, 3.8) is 0 Å².